The van der Waals surface area contributed by atoms with E-state index >= 15 is 0 Å². The molecule has 0 saturated heterocycles. The first-order chi connectivity index (χ1) is 9.70. The second-order valence-corrected chi connectivity index (χ2v) is 6.91. The summed E-state index contributed by atoms with van der Waals surface area (Å²) >= 11 is 1.79. The topological polar surface area (TPSA) is 21.3 Å². The highest BCUT2D eigenvalue weighted by atomic mass is 32.1. The molecule has 20 heavy (non-hydrogen) atoms. The van der Waals surface area contributed by atoms with Crippen LogP contribution < -0.4 is 5.32 Å². The number of nitrogens with one attached hydrogen (secondary N) is 1. The SMILES string of the molecule is CCNC(Cc1ccsc1)C1(OCC)CCC(C)CC1. The summed E-state index contributed by atoms with van der Waals surface area (Å²) < 4.78 is 6.32. The molecule has 1 heterocycles. The molecule has 0 bridgehead atoms. The molecule has 1 aliphatic carbocycles. The maximum absolute atomic E-state index is 6.32. The van der Waals surface area contributed by atoms with Gasteiger partial charge in [0.1, 0.15) is 0 Å². The monoisotopic (exact) mass is 295 g/mol. The van der Waals surface area contributed by atoms with E-state index in [1.165, 1.54) is 31.2 Å². The molecule has 3 heteroatoms. The Bertz CT molecular complexity index is 368. The van der Waals surface area contributed by atoms with Crippen molar-refractivity contribution in [3.05, 3.63) is 22.4 Å². The molecule has 1 aliphatic rings. The molecule has 0 spiro atoms. The fourth-order valence-corrected chi connectivity index (χ4v) is 4.15. The van der Waals surface area contributed by atoms with E-state index in [2.05, 4.69) is 42.9 Å². The third-order valence-electron chi connectivity index (χ3n) is 4.66. The lowest BCUT2D eigenvalue weighted by atomic mass is 9.74. The molecule has 1 N–H and O–H groups in total. The van der Waals surface area contributed by atoms with Crippen LogP contribution in [0.4, 0.5) is 0 Å². The highest BCUT2D eigenvalue weighted by Gasteiger charge is 2.41. The van der Waals surface area contributed by atoms with Gasteiger partial charge in [0.15, 0.2) is 0 Å². The highest BCUT2D eigenvalue weighted by molar-refractivity contribution is 7.07. The summed E-state index contributed by atoms with van der Waals surface area (Å²) in [5.74, 6) is 0.854. The van der Waals surface area contributed by atoms with Gasteiger partial charge in [0.25, 0.3) is 0 Å². The van der Waals surface area contributed by atoms with Crippen molar-refractivity contribution in [3.8, 4) is 0 Å². The zero-order chi connectivity index (χ0) is 14.4. The van der Waals surface area contributed by atoms with E-state index in [9.17, 15) is 0 Å². The average Bonchev–Trinajstić information content (AvgIpc) is 2.94. The van der Waals surface area contributed by atoms with E-state index in [0.29, 0.717) is 6.04 Å². The van der Waals surface area contributed by atoms with E-state index in [1.54, 1.807) is 11.3 Å². The van der Waals surface area contributed by atoms with Crippen LogP contribution >= 0.6 is 11.3 Å². The van der Waals surface area contributed by atoms with Gasteiger partial charge in [-0.25, -0.2) is 0 Å². The maximum Gasteiger partial charge on any atom is 0.0838 e. The van der Waals surface area contributed by atoms with Crippen LogP contribution in [0.1, 0.15) is 52.0 Å². The number of hydrogen-bond acceptors (Lipinski definition) is 3. The van der Waals surface area contributed by atoms with Gasteiger partial charge in [-0.1, -0.05) is 13.8 Å². The van der Waals surface area contributed by atoms with Crippen molar-refractivity contribution in [3.63, 3.8) is 0 Å². The first kappa shape index (κ1) is 16.0. The molecular weight excluding hydrogens is 266 g/mol. The Morgan fingerprint density at radius 1 is 1.40 bits per heavy atom. The molecule has 2 nitrogen and oxygen atoms in total. The lowest BCUT2D eigenvalue weighted by Gasteiger charge is -2.45. The van der Waals surface area contributed by atoms with Crippen LogP contribution in [0.2, 0.25) is 0 Å². The van der Waals surface area contributed by atoms with Crippen molar-refractivity contribution >= 4 is 11.3 Å². The smallest absolute Gasteiger partial charge is 0.0838 e. The fraction of sp³-hybridized carbons (Fsp3) is 0.765. The van der Waals surface area contributed by atoms with Gasteiger partial charge < -0.3 is 10.1 Å². The van der Waals surface area contributed by atoms with Crippen molar-refractivity contribution in [2.45, 2.75) is 64.5 Å². The Morgan fingerprint density at radius 3 is 2.70 bits per heavy atom. The van der Waals surface area contributed by atoms with Crippen LogP contribution in [0.25, 0.3) is 0 Å². The number of thiophene rings is 1. The second-order valence-electron chi connectivity index (χ2n) is 6.13. The molecule has 0 amide bonds. The number of likely N-dealkylation sites (N-methyl/N-ethyl adjacent to an activating group) is 1. The molecule has 1 aromatic heterocycles. The minimum Gasteiger partial charge on any atom is -0.374 e. The minimum atomic E-state index is 0.0409. The number of hydrogen-bond donors (Lipinski definition) is 1. The second kappa shape index (κ2) is 7.58. The van der Waals surface area contributed by atoms with Crippen LogP contribution in [-0.4, -0.2) is 24.8 Å². The third kappa shape index (κ3) is 3.84. The molecule has 1 saturated carbocycles. The molecule has 114 valence electrons. The molecule has 1 unspecified atom stereocenters. The van der Waals surface area contributed by atoms with Gasteiger partial charge in [0.2, 0.25) is 0 Å². The van der Waals surface area contributed by atoms with Gasteiger partial charge in [-0.2, -0.15) is 11.3 Å². The first-order valence-corrected chi connectivity index (χ1v) is 9.03. The Hall–Kier alpha value is -0.380. The molecular formula is C17H29NOS. The summed E-state index contributed by atoms with van der Waals surface area (Å²) in [4.78, 5) is 0. The van der Waals surface area contributed by atoms with Crippen molar-refractivity contribution in [1.29, 1.82) is 0 Å². The average molecular weight is 295 g/mol. The van der Waals surface area contributed by atoms with Gasteiger partial charge in [0, 0.05) is 12.6 Å². The minimum absolute atomic E-state index is 0.0409. The van der Waals surface area contributed by atoms with E-state index in [-0.39, 0.29) is 5.60 Å². The third-order valence-corrected chi connectivity index (χ3v) is 5.39. The molecule has 1 atom stereocenters. The van der Waals surface area contributed by atoms with Gasteiger partial charge >= 0.3 is 0 Å². The van der Waals surface area contributed by atoms with Gasteiger partial charge in [0.05, 0.1) is 5.60 Å². The number of ether oxygens (including phenoxy) is 1. The first-order valence-electron chi connectivity index (χ1n) is 8.08. The quantitative estimate of drug-likeness (QED) is 0.812. The summed E-state index contributed by atoms with van der Waals surface area (Å²) in [6.07, 6.45) is 6.08. The largest absolute Gasteiger partial charge is 0.374 e. The summed E-state index contributed by atoms with van der Waals surface area (Å²) in [7, 11) is 0. The van der Waals surface area contributed by atoms with Gasteiger partial charge in [-0.3, -0.25) is 0 Å². The lowest BCUT2D eigenvalue weighted by Crippen LogP contribution is -2.55. The number of rotatable bonds is 7. The predicted octanol–water partition coefficient (Wildman–Crippen LogP) is 4.25. The highest BCUT2D eigenvalue weighted by Crippen LogP contribution is 2.38. The Balaban J connectivity index is 2.13. The molecule has 1 fully saturated rings. The van der Waals surface area contributed by atoms with Crippen molar-refractivity contribution in [2.24, 2.45) is 5.92 Å². The van der Waals surface area contributed by atoms with Crippen molar-refractivity contribution in [1.82, 2.24) is 5.32 Å². The van der Waals surface area contributed by atoms with Crippen LogP contribution in [0, 0.1) is 5.92 Å². The van der Waals surface area contributed by atoms with Crippen LogP contribution in [0.3, 0.4) is 0 Å². The zero-order valence-corrected chi connectivity index (χ0v) is 14.0. The van der Waals surface area contributed by atoms with E-state index in [1.807, 2.05) is 0 Å². The summed E-state index contributed by atoms with van der Waals surface area (Å²) in [6.45, 7) is 8.54. The van der Waals surface area contributed by atoms with Crippen LogP contribution in [-0.2, 0) is 11.2 Å². The predicted molar refractivity (Wildman–Crippen MR) is 87.5 cm³/mol. The van der Waals surface area contributed by atoms with Crippen LogP contribution in [0.15, 0.2) is 16.8 Å². The Morgan fingerprint density at radius 2 is 2.15 bits per heavy atom. The van der Waals surface area contributed by atoms with Gasteiger partial charge in [-0.05, 0) is 73.9 Å². The van der Waals surface area contributed by atoms with E-state index in [4.69, 9.17) is 4.74 Å². The van der Waals surface area contributed by atoms with E-state index in [0.717, 1.165) is 25.5 Å². The summed E-state index contributed by atoms with van der Waals surface area (Å²) in [5, 5.41) is 8.16. The summed E-state index contributed by atoms with van der Waals surface area (Å²) in [6, 6.07) is 2.69. The van der Waals surface area contributed by atoms with Crippen LogP contribution in [0.5, 0.6) is 0 Å². The van der Waals surface area contributed by atoms with Gasteiger partial charge in [-0.15, -0.1) is 0 Å². The van der Waals surface area contributed by atoms with Crippen molar-refractivity contribution < 1.29 is 4.74 Å². The molecule has 0 aliphatic heterocycles. The maximum atomic E-state index is 6.32. The standard InChI is InChI=1S/C17H29NOS/c1-4-18-16(12-15-8-11-20-13-15)17(19-5-2)9-6-14(3)7-10-17/h8,11,13-14,16,18H,4-7,9-10,12H2,1-3H3. The molecule has 1 aromatic rings. The van der Waals surface area contributed by atoms with Crippen molar-refractivity contribution in [2.75, 3.05) is 13.2 Å². The zero-order valence-electron chi connectivity index (χ0n) is 13.2. The Labute approximate surface area is 127 Å². The Kier molecular flexibility index (Phi) is 6.06. The van der Waals surface area contributed by atoms with E-state index < -0.39 is 0 Å². The summed E-state index contributed by atoms with van der Waals surface area (Å²) in [5.41, 5.74) is 1.48. The lowest BCUT2D eigenvalue weighted by molar-refractivity contribution is -0.0957. The fourth-order valence-electron chi connectivity index (χ4n) is 3.47. The molecule has 2 rings (SSSR count). The normalized spacial score (nSPS) is 28.4. The molecule has 0 radical (unpaired) electrons. The molecule has 0 aromatic carbocycles.